The Morgan fingerprint density at radius 1 is 1.00 bits per heavy atom. The molecular formula is C15H24O3S. The van der Waals surface area contributed by atoms with E-state index in [1.54, 1.807) is 12.1 Å². The van der Waals surface area contributed by atoms with Crippen LogP contribution in [0.2, 0.25) is 0 Å². The quantitative estimate of drug-likeness (QED) is 0.856. The van der Waals surface area contributed by atoms with Crippen LogP contribution >= 0.6 is 0 Å². The topological polar surface area (TPSA) is 54.4 Å². The van der Waals surface area contributed by atoms with E-state index >= 15 is 0 Å². The number of benzene rings is 1. The van der Waals surface area contributed by atoms with Gasteiger partial charge in [-0.2, -0.15) is 8.42 Å². The van der Waals surface area contributed by atoms with E-state index in [-0.39, 0.29) is 16.6 Å². The lowest BCUT2D eigenvalue weighted by atomic mass is 9.72. The van der Waals surface area contributed by atoms with Crippen molar-refractivity contribution >= 4 is 10.1 Å². The van der Waals surface area contributed by atoms with Crippen molar-refractivity contribution in [2.24, 2.45) is 5.41 Å². The van der Waals surface area contributed by atoms with Gasteiger partial charge in [-0.3, -0.25) is 4.55 Å². The van der Waals surface area contributed by atoms with E-state index in [1.807, 2.05) is 12.1 Å². The van der Waals surface area contributed by atoms with Crippen LogP contribution in [0.3, 0.4) is 0 Å². The van der Waals surface area contributed by atoms with Gasteiger partial charge in [0.25, 0.3) is 10.1 Å². The Bertz CT molecular complexity index is 520. The number of hydrogen-bond donors (Lipinski definition) is 1. The lowest BCUT2D eigenvalue weighted by Crippen LogP contribution is -2.24. The summed E-state index contributed by atoms with van der Waals surface area (Å²) in [4.78, 5) is 0. The Kier molecular flexibility index (Phi) is 4.47. The van der Waals surface area contributed by atoms with Gasteiger partial charge in [-0.1, -0.05) is 58.9 Å². The third-order valence-corrected chi connectivity index (χ3v) is 3.75. The molecule has 0 fully saturated rings. The van der Waals surface area contributed by atoms with E-state index in [2.05, 4.69) is 34.6 Å². The van der Waals surface area contributed by atoms with Gasteiger partial charge in [0.2, 0.25) is 0 Å². The molecule has 0 spiro atoms. The van der Waals surface area contributed by atoms with E-state index in [0.29, 0.717) is 5.56 Å². The average molecular weight is 284 g/mol. The minimum atomic E-state index is -3.95. The van der Waals surface area contributed by atoms with Crippen molar-refractivity contribution in [1.29, 1.82) is 0 Å². The maximum atomic E-state index is 10.8. The Balaban J connectivity index is 2.92. The van der Waals surface area contributed by atoms with Crippen LogP contribution in [0.25, 0.3) is 0 Å². The minimum Gasteiger partial charge on any atom is -0.285 e. The second kappa shape index (κ2) is 5.25. The van der Waals surface area contributed by atoms with Gasteiger partial charge in [-0.25, -0.2) is 0 Å². The van der Waals surface area contributed by atoms with Gasteiger partial charge in [0.1, 0.15) is 5.75 Å². The zero-order valence-corrected chi connectivity index (χ0v) is 13.2. The van der Waals surface area contributed by atoms with Gasteiger partial charge >= 0.3 is 0 Å². The summed E-state index contributed by atoms with van der Waals surface area (Å²) in [7, 11) is -3.95. The maximum Gasteiger partial charge on any atom is 0.269 e. The molecule has 0 saturated heterocycles. The zero-order valence-electron chi connectivity index (χ0n) is 12.4. The van der Waals surface area contributed by atoms with Crippen LogP contribution < -0.4 is 0 Å². The molecule has 0 radical (unpaired) electrons. The van der Waals surface area contributed by atoms with E-state index in [9.17, 15) is 8.42 Å². The first-order valence-corrected chi connectivity index (χ1v) is 8.05. The smallest absolute Gasteiger partial charge is 0.269 e. The third kappa shape index (κ3) is 5.74. The summed E-state index contributed by atoms with van der Waals surface area (Å²) in [5, 5.41) is 0. The van der Waals surface area contributed by atoms with Gasteiger partial charge in [-0.15, -0.1) is 0 Å². The highest BCUT2D eigenvalue weighted by Crippen LogP contribution is 2.36. The van der Waals surface area contributed by atoms with Crippen LogP contribution in [0.15, 0.2) is 24.3 Å². The first-order valence-electron chi connectivity index (χ1n) is 6.44. The lowest BCUT2D eigenvalue weighted by Gasteiger charge is -2.33. The molecule has 0 aliphatic rings. The van der Waals surface area contributed by atoms with Crippen LogP contribution in [0.1, 0.15) is 52.2 Å². The first-order chi connectivity index (χ1) is 8.39. The molecule has 0 aliphatic carbocycles. The summed E-state index contributed by atoms with van der Waals surface area (Å²) < 4.78 is 30.5. The van der Waals surface area contributed by atoms with Crippen molar-refractivity contribution in [3.63, 3.8) is 0 Å². The van der Waals surface area contributed by atoms with Gasteiger partial charge < -0.3 is 0 Å². The monoisotopic (exact) mass is 284 g/mol. The second-order valence-electron chi connectivity index (χ2n) is 7.04. The molecule has 4 heteroatoms. The summed E-state index contributed by atoms with van der Waals surface area (Å²) in [6, 6.07) is 7.44. The summed E-state index contributed by atoms with van der Waals surface area (Å²) in [6.07, 6.45) is 1.04. The molecule has 0 bridgehead atoms. The van der Waals surface area contributed by atoms with Crippen LogP contribution in [-0.2, 0) is 21.3 Å². The van der Waals surface area contributed by atoms with Crippen LogP contribution in [0.4, 0.5) is 0 Å². The zero-order chi connectivity index (χ0) is 14.9. The maximum absolute atomic E-state index is 10.8. The van der Waals surface area contributed by atoms with E-state index in [1.165, 1.54) is 5.56 Å². The normalized spacial score (nSPS) is 13.6. The van der Waals surface area contributed by atoms with Crippen LogP contribution in [-0.4, -0.2) is 13.0 Å². The van der Waals surface area contributed by atoms with E-state index in [4.69, 9.17) is 4.55 Å². The fraction of sp³-hybridized carbons (Fsp3) is 0.600. The molecule has 108 valence electrons. The van der Waals surface area contributed by atoms with E-state index in [0.717, 1.165) is 6.42 Å². The highest BCUT2D eigenvalue weighted by atomic mass is 32.2. The molecule has 1 N–H and O–H groups in total. The van der Waals surface area contributed by atoms with Crippen LogP contribution in [0.5, 0.6) is 0 Å². The first kappa shape index (κ1) is 16.2. The molecule has 0 atom stereocenters. The molecule has 0 unspecified atom stereocenters. The lowest BCUT2D eigenvalue weighted by molar-refractivity contribution is 0.284. The molecule has 0 heterocycles. The van der Waals surface area contributed by atoms with Gasteiger partial charge in [0, 0.05) is 0 Å². The van der Waals surface area contributed by atoms with Gasteiger partial charge in [0.05, 0.1) is 0 Å². The Morgan fingerprint density at radius 2 is 1.47 bits per heavy atom. The summed E-state index contributed by atoms with van der Waals surface area (Å²) >= 11 is 0. The van der Waals surface area contributed by atoms with Gasteiger partial charge in [0.15, 0.2) is 0 Å². The highest BCUT2D eigenvalue weighted by molar-refractivity contribution is 7.85. The second-order valence-corrected chi connectivity index (χ2v) is 8.50. The summed E-state index contributed by atoms with van der Waals surface area (Å²) in [5.41, 5.74) is 2.06. The Morgan fingerprint density at radius 3 is 1.84 bits per heavy atom. The fourth-order valence-corrected chi connectivity index (χ4v) is 3.30. The SMILES string of the molecule is CC(C)(C)CC(C)(C)c1ccc(CS(=O)(=O)O)cc1. The van der Waals surface area contributed by atoms with E-state index < -0.39 is 10.1 Å². The van der Waals surface area contributed by atoms with Crippen molar-refractivity contribution in [3.8, 4) is 0 Å². The predicted octanol–water partition coefficient (Wildman–Crippen LogP) is 3.79. The molecule has 1 aromatic rings. The fourth-order valence-electron chi connectivity index (χ4n) is 2.69. The van der Waals surface area contributed by atoms with Crippen LogP contribution in [0, 0.1) is 5.41 Å². The standard InChI is InChI=1S/C15H24O3S/c1-14(2,3)11-15(4,5)13-8-6-12(7-9-13)10-19(16,17)18/h6-9H,10-11H2,1-5H3,(H,16,17,18). The highest BCUT2D eigenvalue weighted by Gasteiger charge is 2.27. The predicted molar refractivity (Wildman–Crippen MR) is 78.8 cm³/mol. The summed E-state index contributed by atoms with van der Waals surface area (Å²) in [5.74, 6) is -0.326. The average Bonchev–Trinajstić information content (AvgIpc) is 2.11. The molecule has 19 heavy (non-hydrogen) atoms. The Hall–Kier alpha value is -0.870. The molecular weight excluding hydrogens is 260 g/mol. The molecule has 3 nitrogen and oxygen atoms in total. The minimum absolute atomic E-state index is 0.0366. The molecule has 0 saturated carbocycles. The molecule has 0 aromatic heterocycles. The molecule has 1 aromatic carbocycles. The van der Waals surface area contributed by atoms with Crippen molar-refractivity contribution < 1.29 is 13.0 Å². The Labute approximate surface area is 116 Å². The van der Waals surface area contributed by atoms with Crippen molar-refractivity contribution in [2.45, 2.75) is 52.2 Å². The third-order valence-electron chi connectivity index (χ3n) is 3.06. The number of rotatable bonds is 4. The van der Waals surface area contributed by atoms with Crippen molar-refractivity contribution in [1.82, 2.24) is 0 Å². The molecule has 0 amide bonds. The number of hydrogen-bond acceptors (Lipinski definition) is 2. The largest absolute Gasteiger partial charge is 0.285 e. The van der Waals surface area contributed by atoms with Crippen molar-refractivity contribution in [2.75, 3.05) is 0 Å². The molecule has 1 rings (SSSR count). The molecule has 0 aliphatic heterocycles. The van der Waals surface area contributed by atoms with Crippen molar-refractivity contribution in [3.05, 3.63) is 35.4 Å². The van der Waals surface area contributed by atoms with Gasteiger partial charge in [-0.05, 0) is 28.4 Å². The summed E-state index contributed by atoms with van der Waals surface area (Å²) in [6.45, 7) is 11.0.